The lowest BCUT2D eigenvalue weighted by Gasteiger charge is -2.37. The molecule has 0 radical (unpaired) electrons. The zero-order valence-electron chi connectivity index (χ0n) is 16.6. The third kappa shape index (κ3) is 3.30. The average Bonchev–Trinajstić information content (AvgIpc) is 3.26. The number of imide groups is 1. The largest absolute Gasteiger partial charge is 0.395 e. The van der Waals surface area contributed by atoms with Crippen LogP contribution in [0.4, 0.5) is 5.69 Å². The molecule has 1 aromatic carbocycles. The third-order valence-corrected chi connectivity index (χ3v) is 6.24. The van der Waals surface area contributed by atoms with Gasteiger partial charge in [0, 0.05) is 45.3 Å². The Morgan fingerprint density at radius 1 is 1.06 bits per heavy atom. The topological polar surface area (TPSA) is 109 Å². The van der Waals surface area contributed by atoms with Gasteiger partial charge in [-0.15, -0.1) is 0 Å². The number of carbonyl (C=O) groups excluding carboxylic acids is 2. The highest BCUT2D eigenvalue weighted by molar-refractivity contribution is 6.34. The van der Waals surface area contributed by atoms with Crippen LogP contribution in [0.5, 0.6) is 0 Å². The molecule has 0 spiro atoms. The number of halogens is 1. The normalized spacial score (nSPS) is 19.0. The van der Waals surface area contributed by atoms with Crippen LogP contribution in [0, 0.1) is 0 Å². The Hall–Kier alpha value is -2.85. The molecule has 5 rings (SSSR count). The van der Waals surface area contributed by atoms with Gasteiger partial charge in [-0.2, -0.15) is 0 Å². The minimum absolute atomic E-state index is 0.0845. The molecule has 1 fully saturated rings. The number of hydrogen-bond acceptors (Lipinski definition) is 7. The fraction of sp³-hybridized carbons (Fsp3) is 0.333. The van der Waals surface area contributed by atoms with Crippen LogP contribution in [0.15, 0.2) is 34.2 Å². The molecule has 9 nitrogen and oxygen atoms in total. The van der Waals surface area contributed by atoms with Gasteiger partial charge < -0.3 is 10.1 Å². The van der Waals surface area contributed by atoms with Gasteiger partial charge in [-0.25, -0.2) is 10.0 Å². The van der Waals surface area contributed by atoms with Crippen molar-refractivity contribution in [2.45, 2.75) is 6.42 Å². The number of carbonyl (C=O) groups is 2. The molecule has 0 aliphatic carbocycles. The number of pyridine rings is 1. The van der Waals surface area contributed by atoms with Gasteiger partial charge in [-0.1, -0.05) is 11.6 Å². The Morgan fingerprint density at radius 3 is 2.45 bits per heavy atom. The Bertz CT molecular complexity index is 1180. The number of hydrogen-bond donors (Lipinski definition) is 2. The number of aromatic nitrogens is 1. The molecule has 0 unspecified atom stereocenters. The number of amides is 2. The minimum atomic E-state index is -0.363. The molecule has 0 atom stereocenters. The molecule has 2 aromatic rings. The summed E-state index contributed by atoms with van der Waals surface area (Å²) < 4.78 is 0. The molecule has 4 heterocycles. The zero-order chi connectivity index (χ0) is 21.7. The molecular weight excluding hydrogens is 422 g/mol. The van der Waals surface area contributed by atoms with Gasteiger partial charge in [-0.3, -0.25) is 24.3 Å². The van der Waals surface area contributed by atoms with Crippen molar-refractivity contribution in [3.63, 3.8) is 0 Å². The van der Waals surface area contributed by atoms with Crippen molar-refractivity contribution < 1.29 is 14.7 Å². The number of β-amino-alcohol motifs (C(OH)–C–C–N with tert-alkyl or cyclic N) is 1. The summed E-state index contributed by atoms with van der Waals surface area (Å²) in [7, 11) is 0. The zero-order valence-corrected chi connectivity index (χ0v) is 17.4. The van der Waals surface area contributed by atoms with Crippen molar-refractivity contribution in [1.82, 2.24) is 19.9 Å². The standard InChI is InChI=1S/C21H20ClN5O4/c22-15-1-2-23-19(29)18(15)17-10-12-9-13-14(11-16(12)24-17)21(31)27(20(13)30)26-5-3-25(4-6-26)7-8-28/h1-2,9,11,28H,3-8,10H2,(H,23,29). The Morgan fingerprint density at radius 2 is 1.77 bits per heavy atom. The van der Waals surface area contributed by atoms with Crippen molar-refractivity contribution in [2.24, 2.45) is 4.99 Å². The fourth-order valence-corrected chi connectivity index (χ4v) is 4.60. The smallest absolute Gasteiger partial charge is 0.276 e. The highest BCUT2D eigenvalue weighted by Crippen LogP contribution is 2.36. The van der Waals surface area contributed by atoms with Crippen LogP contribution < -0.4 is 5.56 Å². The highest BCUT2D eigenvalue weighted by atomic mass is 35.5. The van der Waals surface area contributed by atoms with Gasteiger partial charge in [0.1, 0.15) is 0 Å². The molecule has 0 bridgehead atoms. The van der Waals surface area contributed by atoms with E-state index in [4.69, 9.17) is 16.7 Å². The predicted octanol–water partition coefficient (Wildman–Crippen LogP) is 0.826. The molecule has 31 heavy (non-hydrogen) atoms. The summed E-state index contributed by atoms with van der Waals surface area (Å²) in [5.41, 5.74) is 2.52. The number of benzene rings is 1. The predicted molar refractivity (Wildman–Crippen MR) is 114 cm³/mol. The molecule has 3 aliphatic heterocycles. The fourth-order valence-electron chi connectivity index (χ4n) is 4.35. The van der Waals surface area contributed by atoms with Crippen LogP contribution in [0.3, 0.4) is 0 Å². The number of H-pyrrole nitrogens is 1. The van der Waals surface area contributed by atoms with E-state index in [9.17, 15) is 14.4 Å². The lowest BCUT2D eigenvalue weighted by molar-refractivity contribution is -0.0227. The summed E-state index contributed by atoms with van der Waals surface area (Å²) in [4.78, 5) is 47.6. The number of aliphatic hydroxyl groups is 1. The molecule has 2 amide bonds. The highest BCUT2D eigenvalue weighted by Gasteiger charge is 2.41. The molecule has 0 saturated carbocycles. The molecule has 1 aromatic heterocycles. The van der Waals surface area contributed by atoms with Crippen molar-refractivity contribution in [3.05, 3.63) is 62.0 Å². The maximum absolute atomic E-state index is 13.1. The van der Waals surface area contributed by atoms with E-state index in [1.807, 2.05) is 0 Å². The quantitative estimate of drug-likeness (QED) is 0.680. The summed E-state index contributed by atoms with van der Waals surface area (Å²) in [5.74, 6) is -0.708. The van der Waals surface area contributed by atoms with Gasteiger partial charge in [0.2, 0.25) is 0 Å². The Kier molecular flexibility index (Phi) is 4.98. The molecule has 160 valence electrons. The van der Waals surface area contributed by atoms with Crippen LogP contribution in [0.1, 0.15) is 31.8 Å². The maximum Gasteiger partial charge on any atom is 0.276 e. The van der Waals surface area contributed by atoms with E-state index in [-0.39, 0.29) is 24.0 Å². The lowest BCUT2D eigenvalue weighted by atomic mass is 10.0. The lowest BCUT2D eigenvalue weighted by Crippen LogP contribution is -2.55. The summed E-state index contributed by atoms with van der Waals surface area (Å²) >= 11 is 6.20. The molecule has 10 heteroatoms. The number of nitrogens with one attached hydrogen (secondary N) is 1. The SMILES string of the molecule is O=C1c2cc3c(cc2C(=O)N1N1CCN(CCO)CC1)N=C(c1c(Cl)cc[nH]c1=O)C3. The number of aliphatic imine (C=N–C) groups is 1. The number of hydrazine groups is 1. The van der Waals surface area contributed by atoms with Gasteiger partial charge in [0.05, 0.1) is 39.7 Å². The second kappa shape index (κ2) is 7.69. The van der Waals surface area contributed by atoms with Gasteiger partial charge in [0.15, 0.2) is 0 Å². The van der Waals surface area contributed by atoms with Gasteiger partial charge in [-0.05, 0) is 23.8 Å². The molecule has 3 aliphatic rings. The number of nitrogens with zero attached hydrogens (tertiary/aromatic N) is 4. The van der Waals surface area contributed by atoms with E-state index in [2.05, 4.69) is 14.9 Å². The van der Waals surface area contributed by atoms with Crippen LogP contribution in [0.25, 0.3) is 0 Å². The summed E-state index contributed by atoms with van der Waals surface area (Å²) in [5, 5.41) is 12.4. The number of fused-ring (bicyclic) bond motifs is 2. The van der Waals surface area contributed by atoms with Crippen LogP contribution in [-0.4, -0.2) is 81.9 Å². The van der Waals surface area contributed by atoms with E-state index in [1.54, 1.807) is 23.2 Å². The number of rotatable bonds is 4. The molecular formula is C21H20ClN5O4. The first-order chi connectivity index (χ1) is 15.0. The monoisotopic (exact) mass is 441 g/mol. The van der Waals surface area contributed by atoms with Gasteiger partial charge >= 0.3 is 0 Å². The van der Waals surface area contributed by atoms with Crippen molar-refractivity contribution in [2.75, 3.05) is 39.3 Å². The second-order valence-corrected chi connectivity index (χ2v) is 8.14. The number of piperazine rings is 1. The van der Waals surface area contributed by atoms with E-state index in [0.29, 0.717) is 72.3 Å². The minimum Gasteiger partial charge on any atom is -0.395 e. The van der Waals surface area contributed by atoms with Crippen LogP contribution in [0.2, 0.25) is 5.02 Å². The van der Waals surface area contributed by atoms with Crippen LogP contribution >= 0.6 is 11.6 Å². The van der Waals surface area contributed by atoms with Gasteiger partial charge in [0.25, 0.3) is 17.4 Å². The van der Waals surface area contributed by atoms with Crippen molar-refractivity contribution in [1.29, 1.82) is 0 Å². The van der Waals surface area contributed by atoms with E-state index in [0.717, 1.165) is 5.56 Å². The average molecular weight is 442 g/mol. The first kappa shape index (κ1) is 20.1. The number of aromatic amines is 1. The summed E-state index contributed by atoms with van der Waals surface area (Å²) in [6.07, 6.45) is 1.83. The van der Waals surface area contributed by atoms with E-state index >= 15 is 0 Å². The van der Waals surface area contributed by atoms with E-state index in [1.165, 1.54) is 11.2 Å². The molecule has 2 N–H and O–H groups in total. The third-order valence-electron chi connectivity index (χ3n) is 5.92. The maximum atomic E-state index is 13.1. The summed E-state index contributed by atoms with van der Waals surface area (Å²) in [6, 6.07) is 4.93. The molecule has 1 saturated heterocycles. The first-order valence-electron chi connectivity index (χ1n) is 10.1. The van der Waals surface area contributed by atoms with E-state index < -0.39 is 0 Å². The Labute approximate surface area is 182 Å². The second-order valence-electron chi connectivity index (χ2n) is 7.73. The van der Waals surface area contributed by atoms with Crippen molar-refractivity contribution >= 4 is 34.8 Å². The summed E-state index contributed by atoms with van der Waals surface area (Å²) in [6.45, 7) is 3.07. The van der Waals surface area contributed by atoms with Crippen molar-refractivity contribution in [3.8, 4) is 0 Å². The van der Waals surface area contributed by atoms with Crippen LogP contribution in [-0.2, 0) is 6.42 Å². The number of aliphatic hydroxyl groups excluding tert-OH is 1. The first-order valence-corrected chi connectivity index (χ1v) is 10.4. The Balaban J connectivity index is 1.42.